The number of rotatable bonds is 3. The third kappa shape index (κ3) is 2.47. The van der Waals surface area contributed by atoms with E-state index in [-0.39, 0.29) is 5.91 Å². The number of thiophene rings is 1. The minimum absolute atomic E-state index is 0.000370. The zero-order valence-electron chi connectivity index (χ0n) is 9.59. The van der Waals surface area contributed by atoms with Crippen molar-refractivity contribution < 1.29 is 4.79 Å². The topological polar surface area (TPSA) is 46.3 Å². The van der Waals surface area contributed by atoms with Gasteiger partial charge in [0.2, 0.25) is 0 Å². The van der Waals surface area contributed by atoms with E-state index in [1.54, 1.807) is 17.0 Å². The molecular formula is C13H14N2OS. The Labute approximate surface area is 104 Å². The van der Waals surface area contributed by atoms with Crippen LogP contribution in [0.25, 0.3) is 0 Å². The number of benzene rings is 1. The molecule has 2 rings (SSSR count). The molecular weight excluding hydrogens is 232 g/mol. The summed E-state index contributed by atoms with van der Waals surface area (Å²) in [5.41, 5.74) is 6.55. The van der Waals surface area contributed by atoms with Gasteiger partial charge in [0.05, 0.1) is 9.88 Å². The molecule has 0 saturated heterocycles. The van der Waals surface area contributed by atoms with Crippen LogP contribution in [0.15, 0.2) is 42.5 Å². The Bertz CT molecular complexity index is 507. The van der Waals surface area contributed by atoms with E-state index in [0.717, 1.165) is 5.69 Å². The monoisotopic (exact) mass is 246 g/mol. The third-order valence-corrected chi connectivity index (χ3v) is 3.37. The molecule has 0 aliphatic rings. The number of carbonyl (C=O) groups is 1. The lowest BCUT2D eigenvalue weighted by Gasteiger charge is -2.20. The van der Waals surface area contributed by atoms with Crippen LogP contribution in [0.4, 0.5) is 10.7 Å². The second-order valence-corrected chi connectivity index (χ2v) is 4.70. The lowest BCUT2D eigenvalue weighted by Crippen LogP contribution is -2.29. The smallest absolute Gasteiger partial charge is 0.268 e. The summed E-state index contributed by atoms with van der Waals surface area (Å²) in [7, 11) is 0. The molecule has 1 aromatic heterocycles. The first-order valence-electron chi connectivity index (χ1n) is 5.44. The molecule has 0 aliphatic heterocycles. The predicted molar refractivity (Wildman–Crippen MR) is 72.5 cm³/mol. The largest absolute Gasteiger partial charge is 0.391 e. The minimum Gasteiger partial charge on any atom is -0.391 e. The molecule has 2 N–H and O–H groups in total. The van der Waals surface area contributed by atoms with Crippen molar-refractivity contribution in [1.29, 1.82) is 0 Å². The van der Waals surface area contributed by atoms with Gasteiger partial charge in [0.1, 0.15) is 0 Å². The Morgan fingerprint density at radius 2 is 1.94 bits per heavy atom. The summed E-state index contributed by atoms with van der Waals surface area (Å²) in [5.74, 6) is 0.000370. The highest BCUT2D eigenvalue weighted by Gasteiger charge is 2.17. The number of anilines is 2. The predicted octanol–water partition coefficient (Wildman–Crippen LogP) is 3.00. The number of carbonyl (C=O) groups excluding carboxylic acids is 1. The molecule has 3 nitrogen and oxygen atoms in total. The van der Waals surface area contributed by atoms with Gasteiger partial charge < -0.3 is 10.6 Å². The Morgan fingerprint density at radius 3 is 2.47 bits per heavy atom. The van der Waals surface area contributed by atoms with Crippen LogP contribution in [0.1, 0.15) is 16.6 Å². The number of amides is 1. The van der Waals surface area contributed by atoms with Crippen molar-refractivity contribution in [2.45, 2.75) is 6.92 Å². The fraction of sp³-hybridized carbons (Fsp3) is 0.154. The zero-order valence-corrected chi connectivity index (χ0v) is 10.4. The Hall–Kier alpha value is -1.81. The van der Waals surface area contributed by atoms with Gasteiger partial charge in [0.15, 0.2) is 0 Å². The van der Waals surface area contributed by atoms with Crippen molar-refractivity contribution in [2.24, 2.45) is 0 Å². The molecule has 0 aliphatic carbocycles. The van der Waals surface area contributed by atoms with Crippen molar-refractivity contribution in [3.05, 3.63) is 47.3 Å². The van der Waals surface area contributed by atoms with E-state index in [1.165, 1.54) is 11.3 Å². The summed E-state index contributed by atoms with van der Waals surface area (Å²) >= 11 is 1.32. The molecule has 4 heteroatoms. The van der Waals surface area contributed by atoms with Crippen LogP contribution in [0.5, 0.6) is 0 Å². The van der Waals surface area contributed by atoms with E-state index in [9.17, 15) is 4.79 Å². The van der Waals surface area contributed by atoms with Crippen LogP contribution < -0.4 is 10.6 Å². The van der Waals surface area contributed by atoms with Crippen molar-refractivity contribution in [1.82, 2.24) is 0 Å². The van der Waals surface area contributed by atoms with Gasteiger partial charge in [-0.1, -0.05) is 18.2 Å². The van der Waals surface area contributed by atoms with Crippen LogP contribution in [0.2, 0.25) is 0 Å². The number of hydrogen-bond donors (Lipinski definition) is 1. The molecule has 0 radical (unpaired) electrons. The first-order chi connectivity index (χ1) is 8.22. The van der Waals surface area contributed by atoms with Crippen LogP contribution in [-0.4, -0.2) is 12.5 Å². The molecule has 0 fully saturated rings. The van der Waals surface area contributed by atoms with Gasteiger partial charge in [0, 0.05) is 12.2 Å². The summed E-state index contributed by atoms with van der Waals surface area (Å²) in [6, 6.07) is 13.2. The number of nitrogens with two attached hydrogens (primary N) is 1. The lowest BCUT2D eigenvalue weighted by molar-refractivity contribution is 0.0992. The van der Waals surface area contributed by atoms with Gasteiger partial charge in [0.25, 0.3) is 5.91 Å². The normalized spacial score (nSPS) is 10.2. The average Bonchev–Trinajstić information content (AvgIpc) is 2.78. The average molecular weight is 246 g/mol. The highest BCUT2D eigenvalue weighted by molar-refractivity contribution is 7.17. The molecule has 88 valence electrons. The second kappa shape index (κ2) is 5.01. The molecule has 1 aromatic carbocycles. The van der Waals surface area contributed by atoms with Gasteiger partial charge in [-0.05, 0) is 31.2 Å². The number of nitrogens with zero attached hydrogens (tertiary/aromatic N) is 1. The Kier molecular flexibility index (Phi) is 3.44. The number of para-hydroxylation sites is 1. The van der Waals surface area contributed by atoms with Crippen molar-refractivity contribution in [2.75, 3.05) is 17.2 Å². The van der Waals surface area contributed by atoms with Gasteiger partial charge in [-0.15, -0.1) is 11.3 Å². The maximum absolute atomic E-state index is 12.3. The first kappa shape index (κ1) is 11.7. The summed E-state index contributed by atoms with van der Waals surface area (Å²) in [6.45, 7) is 2.60. The number of nitrogen functional groups attached to an aromatic ring is 1. The molecule has 2 aromatic rings. The molecule has 0 spiro atoms. The zero-order chi connectivity index (χ0) is 12.3. The molecule has 17 heavy (non-hydrogen) atoms. The second-order valence-electron chi connectivity index (χ2n) is 3.59. The Morgan fingerprint density at radius 1 is 1.24 bits per heavy atom. The van der Waals surface area contributed by atoms with E-state index < -0.39 is 0 Å². The van der Waals surface area contributed by atoms with Crippen molar-refractivity contribution in [3.63, 3.8) is 0 Å². The lowest BCUT2D eigenvalue weighted by atomic mass is 10.2. The summed E-state index contributed by atoms with van der Waals surface area (Å²) in [5, 5.41) is 0.664. The van der Waals surface area contributed by atoms with E-state index in [2.05, 4.69) is 0 Å². The van der Waals surface area contributed by atoms with E-state index in [1.807, 2.05) is 37.3 Å². The molecule has 0 atom stereocenters. The maximum atomic E-state index is 12.3. The van der Waals surface area contributed by atoms with E-state index >= 15 is 0 Å². The molecule has 1 amide bonds. The molecule has 0 bridgehead atoms. The fourth-order valence-electron chi connectivity index (χ4n) is 1.65. The van der Waals surface area contributed by atoms with E-state index in [4.69, 9.17) is 5.73 Å². The van der Waals surface area contributed by atoms with Gasteiger partial charge in [-0.25, -0.2) is 0 Å². The SMILES string of the molecule is CCN(C(=O)c1ccc(N)s1)c1ccccc1. The van der Waals surface area contributed by atoms with Crippen molar-refractivity contribution in [3.8, 4) is 0 Å². The summed E-state index contributed by atoms with van der Waals surface area (Å²) in [6.07, 6.45) is 0. The van der Waals surface area contributed by atoms with Crippen molar-refractivity contribution >= 4 is 27.9 Å². The molecule has 0 unspecified atom stereocenters. The quantitative estimate of drug-likeness (QED) is 0.905. The highest BCUT2D eigenvalue weighted by atomic mass is 32.1. The first-order valence-corrected chi connectivity index (χ1v) is 6.26. The third-order valence-electron chi connectivity index (χ3n) is 2.47. The fourth-order valence-corrected chi connectivity index (χ4v) is 2.38. The summed E-state index contributed by atoms with van der Waals surface area (Å²) < 4.78 is 0. The van der Waals surface area contributed by atoms with Crippen LogP contribution >= 0.6 is 11.3 Å². The van der Waals surface area contributed by atoms with E-state index in [0.29, 0.717) is 16.4 Å². The Balaban J connectivity index is 2.28. The molecule has 1 heterocycles. The standard InChI is InChI=1S/C13H14N2OS/c1-2-15(10-6-4-3-5-7-10)13(16)11-8-9-12(14)17-11/h3-9H,2,14H2,1H3. The highest BCUT2D eigenvalue weighted by Crippen LogP contribution is 2.23. The summed E-state index contributed by atoms with van der Waals surface area (Å²) in [4.78, 5) is 14.7. The molecule has 0 saturated carbocycles. The van der Waals surface area contributed by atoms with Crippen LogP contribution in [-0.2, 0) is 0 Å². The number of hydrogen-bond acceptors (Lipinski definition) is 3. The maximum Gasteiger partial charge on any atom is 0.268 e. The van der Waals surface area contributed by atoms with Gasteiger partial charge in [-0.2, -0.15) is 0 Å². The minimum atomic E-state index is 0.000370. The van der Waals surface area contributed by atoms with Gasteiger partial charge >= 0.3 is 0 Å². The van der Waals surface area contributed by atoms with Gasteiger partial charge in [-0.3, -0.25) is 4.79 Å². The van der Waals surface area contributed by atoms with Crippen LogP contribution in [0, 0.1) is 0 Å². The van der Waals surface area contributed by atoms with Crippen LogP contribution in [0.3, 0.4) is 0 Å².